The summed E-state index contributed by atoms with van der Waals surface area (Å²) in [7, 11) is 2.04. The Balaban J connectivity index is 3.79. The van der Waals surface area contributed by atoms with Crippen LogP contribution in [0.25, 0.3) is 0 Å². The highest BCUT2D eigenvalue weighted by Crippen LogP contribution is 2.24. The molecule has 0 spiro atoms. The lowest BCUT2D eigenvalue weighted by Crippen LogP contribution is -2.21. The topological polar surface area (TPSA) is 12.0 Å². The molecule has 1 nitrogen and oxygen atoms in total. The molecule has 0 aromatic carbocycles. The van der Waals surface area contributed by atoms with E-state index in [1.807, 2.05) is 7.05 Å². The van der Waals surface area contributed by atoms with E-state index in [4.69, 9.17) is 0 Å². The van der Waals surface area contributed by atoms with Crippen molar-refractivity contribution in [2.24, 2.45) is 17.8 Å². The Morgan fingerprint density at radius 3 is 2.15 bits per heavy atom. The van der Waals surface area contributed by atoms with Crippen molar-refractivity contribution in [3.8, 4) is 0 Å². The molecule has 0 amide bonds. The fourth-order valence-corrected chi connectivity index (χ4v) is 2.04. The third-order valence-corrected chi connectivity index (χ3v) is 2.86. The van der Waals surface area contributed by atoms with Crippen molar-refractivity contribution in [2.75, 3.05) is 13.6 Å². The first-order valence-corrected chi connectivity index (χ1v) is 5.76. The number of hydrogen-bond donors (Lipinski definition) is 1. The van der Waals surface area contributed by atoms with Gasteiger partial charge in [-0.05, 0) is 37.8 Å². The van der Waals surface area contributed by atoms with E-state index in [0.717, 1.165) is 24.3 Å². The molecule has 0 aromatic rings. The van der Waals surface area contributed by atoms with Gasteiger partial charge in [0, 0.05) is 0 Å². The Hall–Kier alpha value is -0.0400. The smallest absolute Gasteiger partial charge is 0.00261 e. The predicted octanol–water partition coefficient (Wildman–Crippen LogP) is 3.30. The van der Waals surface area contributed by atoms with E-state index < -0.39 is 0 Å². The Bertz CT molecular complexity index is 110. The fraction of sp³-hybridized carbons (Fsp3) is 1.00. The van der Waals surface area contributed by atoms with Gasteiger partial charge in [-0.25, -0.2) is 0 Å². The molecular weight excluding hydrogens is 158 g/mol. The predicted molar refractivity (Wildman–Crippen MR) is 60.9 cm³/mol. The molecule has 0 fully saturated rings. The van der Waals surface area contributed by atoms with Crippen LogP contribution in [0.2, 0.25) is 0 Å². The Labute approximate surface area is 84.3 Å². The first-order valence-electron chi connectivity index (χ1n) is 5.76. The zero-order valence-corrected chi connectivity index (χ0v) is 10.1. The molecule has 2 atom stereocenters. The van der Waals surface area contributed by atoms with Gasteiger partial charge in [-0.15, -0.1) is 0 Å². The van der Waals surface area contributed by atoms with Crippen LogP contribution in [-0.2, 0) is 0 Å². The van der Waals surface area contributed by atoms with Crippen LogP contribution >= 0.6 is 0 Å². The maximum atomic E-state index is 3.25. The van der Waals surface area contributed by atoms with E-state index in [9.17, 15) is 0 Å². The minimum absolute atomic E-state index is 0.823. The summed E-state index contributed by atoms with van der Waals surface area (Å²) in [5, 5.41) is 3.25. The number of nitrogens with one attached hydrogen (secondary N) is 1. The van der Waals surface area contributed by atoms with E-state index >= 15 is 0 Å². The largest absolute Gasteiger partial charge is 0.319 e. The van der Waals surface area contributed by atoms with Gasteiger partial charge < -0.3 is 5.32 Å². The van der Waals surface area contributed by atoms with Crippen LogP contribution in [-0.4, -0.2) is 13.6 Å². The summed E-state index contributed by atoms with van der Waals surface area (Å²) in [6.45, 7) is 10.5. The highest BCUT2D eigenvalue weighted by molar-refractivity contribution is 4.67. The zero-order valence-electron chi connectivity index (χ0n) is 10.1. The lowest BCUT2D eigenvalue weighted by atomic mass is 9.84. The molecule has 80 valence electrons. The molecule has 0 heterocycles. The molecule has 0 aliphatic heterocycles. The van der Waals surface area contributed by atoms with Crippen molar-refractivity contribution in [3.63, 3.8) is 0 Å². The monoisotopic (exact) mass is 185 g/mol. The van der Waals surface area contributed by atoms with E-state index in [0.29, 0.717) is 0 Å². The maximum absolute atomic E-state index is 3.25. The second-order valence-electron chi connectivity index (χ2n) is 4.69. The third-order valence-electron chi connectivity index (χ3n) is 2.86. The van der Waals surface area contributed by atoms with Gasteiger partial charge >= 0.3 is 0 Å². The molecule has 13 heavy (non-hydrogen) atoms. The quantitative estimate of drug-likeness (QED) is 0.641. The molecule has 0 aliphatic carbocycles. The summed E-state index contributed by atoms with van der Waals surface area (Å²) in [4.78, 5) is 0. The van der Waals surface area contributed by atoms with Crippen LogP contribution in [0.5, 0.6) is 0 Å². The van der Waals surface area contributed by atoms with Gasteiger partial charge in [0.1, 0.15) is 0 Å². The van der Waals surface area contributed by atoms with Gasteiger partial charge in [-0.2, -0.15) is 0 Å². The molecular formula is C12H27N. The lowest BCUT2D eigenvalue weighted by molar-refractivity contribution is 0.285. The van der Waals surface area contributed by atoms with Crippen LogP contribution in [0.1, 0.15) is 47.0 Å². The van der Waals surface area contributed by atoms with E-state index in [2.05, 4.69) is 33.0 Å². The third kappa shape index (κ3) is 6.09. The van der Waals surface area contributed by atoms with Gasteiger partial charge in [0.05, 0.1) is 0 Å². The average molecular weight is 185 g/mol. The minimum Gasteiger partial charge on any atom is -0.319 e. The van der Waals surface area contributed by atoms with Gasteiger partial charge in [0.25, 0.3) is 0 Å². The highest BCUT2D eigenvalue weighted by Gasteiger charge is 2.15. The normalized spacial score (nSPS) is 16.2. The SMILES string of the molecule is CCCC(CC(C)CNC)C(C)C. The second kappa shape index (κ2) is 7.37. The van der Waals surface area contributed by atoms with Crippen molar-refractivity contribution in [3.05, 3.63) is 0 Å². The Morgan fingerprint density at radius 1 is 1.15 bits per heavy atom. The van der Waals surface area contributed by atoms with Crippen molar-refractivity contribution in [1.29, 1.82) is 0 Å². The first kappa shape index (κ1) is 13.0. The summed E-state index contributed by atoms with van der Waals surface area (Å²) < 4.78 is 0. The second-order valence-corrected chi connectivity index (χ2v) is 4.69. The average Bonchev–Trinajstić information content (AvgIpc) is 2.04. The molecule has 0 bridgehead atoms. The Morgan fingerprint density at radius 2 is 1.77 bits per heavy atom. The highest BCUT2D eigenvalue weighted by atomic mass is 14.8. The summed E-state index contributed by atoms with van der Waals surface area (Å²) in [5.41, 5.74) is 0. The molecule has 0 saturated carbocycles. The van der Waals surface area contributed by atoms with Crippen LogP contribution in [0.3, 0.4) is 0 Å². The lowest BCUT2D eigenvalue weighted by Gasteiger charge is -2.23. The molecule has 0 aliphatic rings. The van der Waals surface area contributed by atoms with Gasteiger partial charge in [-0.1, -0.05) is 40.5 Å². The van der Waals surface area contributed by atoms with E-state index in [-0.39, 0.29) is 0 Å². The van der Waals surface area contributed by atoms with Crippen molar-refractivity contribution < 1.29 is 0 Å². The summed E-state index contributed by atoms with van der Waals surface area (Å²) in [6, 6.07) is 0. The maximum Gasteiger partial charge on any atom is -0.00261 e. The molecule has 0 saturated heterocycles. The fourth-order valence-electron chi connectivity index (χ4n) is 2.04. The van der Waals surface area contributed by atoms with Crippen molar-refractivity contribution in [1.82, 2.24) is 5.32 Å². The summed E-state index contributed by atoms with van der Waals surface area (Å²) >= 11 is 0. The molecule has 0 rings (SSSR count). The van der Waals surface area contributed by atoms with Crippen molar-refractivity contribution >= 4 is 0 Å². The van der Waals surface area contributed by atoms with Crippen LogP contribution in [0.4, 0.5) is 0 Å². The number of rotatable bonds is 7. The molecule has 1 heteroatoms. The van der Waals surface area contributed by atoms with E-state index in [1.165, 1.54) is 19.3 Å². The Kier molecular flexibility index (Phi) is 7.35. The molecule has 1 N–H and O–H groups in total. The van der Waals surface area contributed by atoms with E-state index in [1.54, 1.807) is 0 Å². The molecule has 2 unspecified atom stereocenters. The number of hydrogen-bond acceptors (Lipinski definition) is 1. The van der Waals surface area contributed by atoms with Crippen LogP contribution < -0.4 is 5.32 Å². The van der Waals surface area contributed by atoms with Crippen LogP contribution in [0.15, 0.2) is 0 Å². The summed E-state index contributed by atoms with van der Waals surface area (Å²) in [5.74, 6) is 2.59. The van der Waals surface area contributed by atoms with Gasteiger partial charge in [0.2, 0.25) is 0 Å². The van der Waals surface area contributed by atoms with Gasteiger partial charge in [-0.3, -0.25) is 0 Å². The van der Waals surface area contributed by atoms with Crippen molar-refractivity contribution in [2.45, 2.75) is 47.0 Å². The minimum atomic E-state index is 0.823. The van der Waals surface area contributed by atoms with Gasteiger partial charge in [0.15, 0.2) is 0 Å². The zero-order chi connectivity index (χ0) is 10.3. The first-order chi connectivity index (χ1) is 6.11. The summed E-state index contributed by atoms with van der Waals surface area (Å²) in [6.07, 6.45) is 4.10. The van der Waals surface area contributed by atoms with Crippen LogP contribution in [0, 0.1) is 17.8 Å². The standard InChI is InChI=1S/C12H27N/c1-6-7-12(10(2)3)8-11(4)9-13-5/h10-13H,6-9H2,1-5H3. The molecule has 0 aromatic heterocycles. The molecule has 0 radical (unpaired) electrons.